The monoisotopic (exact) mass is 472 g/mol. The molecular weight excluding hydrogens is 443 g/mol. The quantitative estimate of drug-likeness (QED) is 0.267. The van der Waals surface area contributed by atoms with Gasteiger partial charge in [0.2, 0.25) is 0 Å². The minimum absolute atomic E-state index is 0. The van der Waals surface area contributed by atoms with Crippen LogP contribution in [0.2, 0.25) is 0 Å². The van der Waals surface area contributed by atoms with Crippen LogP contribution in [0.1, 0.15) is 29.2 Å². The summed E-state index contributed by atoms with van der Waals surface area (Å²) < 4.78 is 7.06. The van der Waals surface area contributed by atoms with Crippen LogP contribution in [-0.4, -0.2) is 41.0 Å². The number of halogens is 1. The van der Waals surface area contributed by atoms with Gasteiger partial charge in [-0.3, -0.25) is 0 Å². The first kappa shape index (κ1) is 22.4. The minimum Gasteiger partial charge on any atom is -0.385 e. The highest BCUT2D eigenvalue weighted by Gasteiger charge is 2.06. The van der Waals surface area contributed by atoms with Crippen molar-refractivity contribution in [3.8, 4) is 0 Å². The van der Waals surface area contributed by atoms with Gasteiger partial charge in [-0.25, -0.2) is 4.99 Å². The Bertz CT molecular complexity index is 701. The van der Waals surface area contributed by atoms with Crippen molar-refractivity contribution in [1.29, 1.82) is 0 Å². The molecule has 2 rings (SSSR count). The van der Waals surface area contributed by atoms with Gasteiger partial charge in [-0.1, -0.05) is 24.3 Å². The molecule has 0 spiro atoms. The molecule has 2 aromatic rings. The molecule has 1 aromatic carbocycles. The number of methoxy groups -OCH3 is 1. The van der Waals surface area contributed by atoms with E-state index in [0.717, 1.165) is 37.2 Å². The molecule has 2 N–H and O–H groups in total. The second-order valence-electron chi connectivity index (χ2n) is 5.94. The molecule has 0 saturated heterocycles. The third-order valence-electron chi connectivity index (χ3n) is 4.08. The van der Waals surface area contributed by atoms with Crippen molar-refractivity contribution in [2.75, 3.05) is 20.3 Å². The summed E-state index contributed by atoms with van der Waals surface area (Å²) in [5.74, 6) is 2.53. The molecule has 7 nitrogen and oxygen atoms in total. The second kappa shape index (κ2) is 11.8. The van der Waals surface area contributed by atoms with Gasteiger partial charge in [-0.05, 0) is 31.4 Å². The van der Waals surface area contributed by atoms with E-state index in [4.69, 9.17) is 9.73 Å². The van der Waals surface area contributed by atoms with Gasteiger partial charge < -0.3 is 19.9 Å². The van der Waals surface area contributed by atoms with Crippen LogP contribution in [0.25, 0.3) is 0 Å². The van der Waals surface area contributed by atoms with Gasteiger partial charge in [0.1, 0.15) is 5.82 Å². The Morgan fingerprint density at radius 2 is 1.96 bits per heavy atom. The molecular formula is C18H29IN6O. The zero-order valence-corrected chi connectivity index (χ0v) is 18.3. The number of aromatic nitrogens is 3. The van der Waals surface area contributed by atoms with Crippen LogP contribution < -0.4 is 10.6 Å². The predicted octanol–water partition coefficient (Wildman–Crippen LogP) is 2.32. The molecule has 0 saturated carbocycles. The third-order valence-corrected chi connectivity index (χ3v) is 4.08. The molecule has 0 aliphatic heterocycles. The second-order valence-corrected chi connectivity index (χ2v) is 5.94. The number of aliphatic imine (C=N–C) groups is 1. The van der Waals surface area contributed by atoms with Gasteiger partial charge in [0.15, 0.2) is 11.8 Å². The highest BCUT2D eigenvalue weighted by atomic mass is 127. The van der Waals surface area contributed by atoms with Crippen LogP contribution in [0.5, 0.6) is 0 Å². The number of benzene rings is 1. The van der Waals surface area contributed by atoms with E-state index >= 15 is 0 Å². The van der Waals surface area contributed by atoms with E-state index in [1.165, 1.54) is 11.1 Å². The number of hydrogen-bond donors (Lipinski definition) is 2. The summed E-state index contributed by atoms with van der Waals surface area (Å²) in [5, 5.41) is 14.9. The summed E-state index contributed by atoms with van der Waals surface area (Å²) in [6.45, 7) is 6.76. The third kappa shape index (κ3) is 6.91. The highest BCUT2D eigenvalue weighted by molar-refractivity contribution is 14.0. The summed E-state index contributed by atoms with van der Waals surface area (Å²) in [6, 6.07) is 8.29. The highest BCUT2D eigenvalue weighted by Crippen LogP contribution is 2.08. The zero-order valence-electron chi connectivity index (χ0n) is 16.0. The fourth-order valence-electron chi connectivity index (χ4n) is 2.32. The van der Waals surface area contributed by atoms with Crippen molar-refractivity contribution >= 4 is 29.9 Å². The molecule has 1 heterocycles. The summed E-state index contributed by atoms with van der Waals surface area (Å²) in [6.07, 6.45) is 0.921. The lowest BCUT2D eigenvalue weighted by molar-refractivity contribution is 0.195. The van der Waals surface area contributed by atoms with Crippen molar-refractivity contribution in [3.05, 3.63) is 47.0 Å². The molecule has 0 fully saturated rings. The van der Waals surface area contributed by atoms with Gasteiger partial charge in [0, 0.05) is 27.3 Å². The summed E-state index contributed by atoms with van der Waals surface area (Å²) >= 11 is 0. The fourth-order valence-corrected chi connectivity index (χ4v) is 2.32. The number of guanidine groups is 1. The molecule has 0 aliphatic rings. The molecule has 0 unspecified atom stereocenters. The van der Waals surface area contributed by atoms with Crippen LogP contribution in [-0.2, 0) is 24.9 Å². The molecule has 0 radical (unpaired) electrons. The topological polar surface area (TPSA) is 76.4 Å². The Morgan fingerprint density at radius 1 is 1.19 bits per heavy atom. The van der Waals surface area contributed by atoms with Gasteiger partial charge in [-0.2, -0.15) is 0 Å². The number of aryl methyl sites for hydroxylation is 2. The van der Waals surface area contributed by atoms with E-state index in [2.05, 4.69) is 39.9 Å². The van der Waals surface area contributed by atoms with E-state index in [-0.39, 0.29) is 24.0 Å². The number of rotatable bonds is 8. The van der Waals surface area contributed by atoms with Gasteiger partial charge >= 0.3 is 0 Å². The van der Waals surface area contributed by atoms with Crippen LogP contribution in [0.4, 0.5) is 0 Å². The molecule has 0 amide bonds. The molecule has 0 aliphatic carbocycles. The number of nitrogens with zero attached hydrogens (tertiary/aromatic N) is 4. The lowest BCUT2D eigenvalue weighted by atomic mass is 10.1. The van der Waals surface area contributed by atoms with Crippen LogP contribution in [0.3, 0.4) is 0 Å². The Balaban J connectivity index is 0.00000338. The molecule has 144 valence electrons. The zero-order chi connectivity index (χ0) is 18.1. The standard InChI is InChI=1S/C18H28N6O.HI/c1-14-8-5-6-9-16(14)12-20-18(19-10-7-11-25-4)21-13-17-23-22-15(2)24(17)3;/h5-6,8-9H,7,10-13H2,1-4H3,(H2,19,20,21);1H. The largest absolute Gasteiger partial charge is 0.385 e. The van der Waals surface area contributed by atoms with Crippen molar-refractivity contribution in [1.82, 2.24) is 25.4 Å². The van der Waals surface area contributed by atoms with Crippen molar-refractivity contribution in [3.63, 3.8) is 0 Å². The number of nitrogens with one attached hydrogen (secondary N) is 2. The molecule has 8 heteroatoms. The Kier molecular flexibility index (Phi) is 10.2. The van der Waals surface area contributed by atoms with Crippen LogP contribution in [0, 0.1) is 13.8 Å². The number of ether oxygens (including phenoxy) is 1. The summed E-state index contributed by atoms with van der Waals surface area (Å²) in [5.41, 5.74) is 2.46. The Hall–Kier alpha value is -1.68. The smallest absolute Gasteiger partial charge is 0.191 e. The average Bonchev–Trinajstić information content (AvgIpc) is 2.93. The first-order chi connectivity index (χ1) is 12.1. The van der Waals surface area contributed by atoms with E-state index in [1.54, 1.807) is 7.11 Å². The summed E-state index contributed by atoms with van der Waals surface area (Å²) in [7, 11) is 3.67. The maximum absolute atomic E-state index is 5.09. The fraction of sp³-hybridized carbons (Fsp3) is 0.500. The van der Waals surface area contributed by atoms with Gasteiger partial charge in [0.05, 0.1) is 13.1 Å². The SMILES string of the molecule is COCCCNC(=NCc1ccccc1C)NCc1nnc(C)n1C.I. The summed E-state index contributed by atoms with van der Waals surface area (Å²) in [4.78, 5) is 4.70. The van der Waals surface area contributed by atoms with Crippen LogP contribution >= 0.6 is 24.0 Å². The van der Waals surface area contributed by atoms with Crippen molar-refractivity contribution in [2.45, 2.75) is 33.4 Å². The Labute approximate surface area is 172 Å². The molecule has 26 heavy (non-hydrogen) atoms. The molecule has 0 atom stereocenters. The first-order valence-electron chi connectivity index (χ1n) is 8.52. The van der Waals surface area contributed by atoms with Gasteiger partial charge in [-0.15, -0.1) is 34.2 Å². The predicted molar refractivity (Wildman–Crippen MR) is 115 cm³/mol. The van der Waals surface area contributed by atoms with E-state index in [9.17, 15) is 0 Å². The van der Waals surface area contributed by atoms with Crippen LogP contribution in [0.15, 0.2) is 29.3 Å². The lowest BCUT2D eigenvalue weighted by Crippen LogP contribution is -2.38. The van der Waals surface area contributed by atoms with E-state index in [0.29, 0.717) is 13.1 Å². The molecule has 1 aromatic heterocycles. The van der Waals surface area contributed by atoms with E-state index < -0.39 is 0 Å². The van der Waals surface area contributed by atoms with Crippen molar-refractivity contribution in [2.24, 2.45) is 12.0 Å². The lowest BCUT2D eigenvalue weighted by Gasteiger charge is -2.13. The average molecular weight is 472 g/mol. The normalized spacial score (nSPS) is 11.2. The maximum atomic E-state index is 5.09. The van der Waals surface area contributed by atoms with Gasteiger partial charge in [0.25, 0.3) is 0 Å². The van der Waals surface area contributed by atoms with Crippen molar-refractivity contribution < 1.29 is 4.74 Å². The van der Waals surface area contributed by atoms with E-state index in [1.807, 2.05) is 30.7 Å². The maximum Gasteiger partial charge on any atom is 0.191 e. The molecule has 0 bridgehead atoms. The minimum atomic E-state index is 0. The Morgan fingerprint density at radius 3 is 2.62 bits per heavy atom. The number of hydrogen-bond acceptors (Lipinski definition) is 4. The first-order valence-corrected chi connectivity index (χ1v) is 8.52.